The summed E-state index contributed by atoms with van der Waals surface area (Å²) in [7, 11) is 0. The fourth-order valence-electron chi connectivity index (χ4n) is 3.73. The Balaban J connectivity index is 1.49. The molecular weight excluding hydrogens is 418 g/mol. The monoisotopic (exact) mass is 441 g/mol. The summed E-state index contributed by atoms with van der Waals surface area (Å²) in [5.74, 6) is 0.0299. The van der Waals surface area contributed by atoms with Gasteiger partial charge in [0.25, 0.3) is 5.91 Å². The molecule has 7 heteroatoms. The molecule has 1 atom stereocenters. The Morgan fingerprint density at radius 3 is 2.81 bits per heavy atom. The lowest BCUT2D eigenvalue weighted by Crippen LogP contribution is -2.35. The van der Waals surface area contributed by atoms with Crippen LogP contribution in [0.1, 0.15) is 29.5 Å². The zero-order valence-corrected chi connectivity index (χ0v) is 18.0. The van der Waals surface area contributed by atoms with Gasteiger partial charge in [-0.1, -0.05) is 41.9 Å². The highest BCUT2D eigenvalue weighted by atomic mass is 35.5. The van der Waals surface area contributed by atoms with E-state index in [1.165, 1.54) is 0 Å². The van der Waals surface area contributed by atoms with Crippen molar-refractivity contribution in [3.8, 4) is 5.75 Å². The minimum Gasteiger partial charge on any atom is -0.482 e. The predicted molar refractivity (Wildman–Crippen MR) is 119 cm³/mol. The van der Waals surface area contributed by atoms with Crippen LogP contribution < -0.4 is 15.7 Å². The van der Waals surface area contributed by atoms with Crippen LogP contribution in [0.25, 0.3) is 11.0 Å². The van der Waals surface area contributed by atoms with E-state index in [0.29, 0.717) is 34.9 Å². The number of amides is 1. The first-order chi connectivity index (χ1) is 15.0. The van der Waals surface area contributed by atoms with Crippen molar-refractivity contribution in [2.45, 2.75) is 32.3 Å². The normalized spacial score (nSPS) is 15.9. The average Bonchev–Trinajstić information content (AvgIpc) is 3.29. The minimum absolute atomic E-state index is 0.0653. The molecule has 162 valence electrons. The molecule has 3 aromatic rings. The van der Waals surface area contributed by atoms with E-state index in [9.17, 15) is 9.59 Å². The molecule has 31 heavy (non-hydrogen) atoms. The molecule has 2 heterocycles. The molecule has 0 saturated carbocycles. The molecule has 1 amide bonds. The Kier molecular flexibility index (Phi) is 6.59. The van der Waals surface area contributed by atoms with Gasteiger partial charge in [-0.05, 0) is 37.0 Å². The highest BCUT2D eigenvalue weighted by Gasteiger charge is 2.18. The van der Waals surface area contributed by atoms with Gasteiger partial charge in [0, 0.05) is 36.6 Å². The van der Waals surface area contributed by atoms with Crippen LogP contribution in [0.3, 0.4) is 0 Å². The van der Waals surface area contributed by atoms with Crippen molar-refractivity contribution in [2.75, 3.05) is 19.8 Å². The third-order valence-corrected chi connectivity index (χ3v) is 5.77. The molecule has 1 aliphatic rings. The highest BCUT2D eigenvalue weighted by Crippen LogP contribution is 2.32. The predicted octanol–water partition coefficient (Wildman–Crippen LogP) is 4.02. The molecule has 0 aliphatic carbocycles. The number of fused-ring (bicyclic) bond motifs is 1. The van der Waals surface area contributed by atoms with Crippen LogP contribution in [0.5, 0.6) is 5.75 Å². The molecule has 1 saturated heterocycles. The van der Waals surface area contributed by atoms with Crippen LogP contribution in [0.4, 0.5) is 0 Å². The summed E-state index contributed by atoms with van der Waals surface area (Å²) in [5, 5.41) is 3.89. The van der Waals surface area contributed by atoms with E-state index in [1.807, 2.05) is 37.3 Å². The van der Waals surface area contributed by atoms with Crippen LogP contribution in [0.2, 0.25) is 5.02 Å². The van der Waals surface area contributed by atoms with Gasteiger partial charge < -0.3 is 19.2 Å². The summed E-state index contributed by atoms with van der Waals surface area (Å²) in [6.07, 6.45) is 2.51. The zero-order chi connectivity index (χ0) is 21.8. The standard InChI is InChI=1S/C24H24ClNO5/c1-15-18-11-20(25)22(30-14-23(27)26-13-17-8-5-9-29-17)12-21(18)31-24(28)19(15)10-16-6-3-2-4-7-16/h2-4,6-7,11-12,17H,5,8-10,13-14H2,1H3,(H,26,27)/t17-/m0/s1. The number of nitrogens with one attached hydrogen (secondary N) is 1. The van der Waals surface area contributed by atoms with Crippen LogP contribution >= 0.6 is 11.6 Å². The van der Waals surface area contributed by atoms with Crippen molar-refractivity contribution in [3.63, 3.8) is 0 Å². The second-order valence-electron chi connectivity index (χ2n) is 7.66. The van der Waals surface area contributed by atoms with E-state index in [4.69, 9.17) is 25.5 Å². The maximum absolute atomic E-state index is 12.6. The van der Waals surface area contributed by atoms with Crippen molar-refractivity contribution < 1.29 is 18.7 Å². The van der Waals surface area contributed by atoms with E-state index in [2.05, 4.69) is 5.32 Å². The van der Waals surface area contributed by atoms with Crippen molar-refractivity contribution in [1.29, 1.82) is 0 Å². The second kappa shape index (κ2) is 9.54. The maximum Gasteiger partial charge on any atom is 0.340 e. The molecule has 0 bridgehead atoms. The van der Waals surface area contributed by atoms with Gasteiger partial charge in [0.1, 0.15) is 11.3 Å². The Hall–Kier alpha value is -2.83. The number of hydrogen-bond acceptors (Lipinski definition) is 5. The van der Waals surface area contributed by atoms with Crippen molar-refractivity contribution in [2.24, 2.45) is 0 Å². The molecule has 6 nitrogen and oxygen atoms in total. The fraction of sp³-hybridized carbons (Fsp3) is 0.333. The molecule has 0 radical (unpaired) electrons. The molecular formula is C24H24ClNO5. The molecule has 0 unspecified atom stereocenters. The number of aryl methyl sites for hydroxylation is 1. The van der Waals surface area contributed by atoms with Gasteiger partial charge in [-0.2, -0.15) is 0 Å². The summed E-state index contributed by atoms with van der Waals surface area (Å²) in [5.41, 5.74) is 2.42. The summed E-state index contributed by atoms with van der Waals surface area (Å²) in [6.45, 7) is 2.90. The largest absolute Gasteiger partial charge is 0.482 e. The quantitative estimate of drug-likeness (QED) is 0.560. The number of carbonyl (C=O) groups excluding carboxylic acids is 1. The van der Waals surface area contributed by atoms with Gasteiger partial charge >= 0.3 is 5.63 Å². The lowest BCUT2D eigenvalue weighted by Gasteiger charge is -2.13. The molecule has 0 spiro atoms. The minimum atomic E-state index is -0.392. The number of benzene rings is 2. The molecule has 1 aliphatic heterocycles. The lowest BCUT2D eigenvalue weighted by molar-refractivity contribution is -0.123. The number of rotatable bonds is 7. The number of hydrogen-bond donors (Lipinski definition) is 1. The first-order valence-corrected chi connectivity index (χ1v) is 10.7. The summed E-state index contributed by atoms with van der Waals surface area (Å²) < 4.78 is 16.6. The maximum atomic E-state index is 12.6. The van der Waals surface area contributed by atoms with Gasteiger partial charge in [-0.15, -0.1) is 0 Å². The molecule has 4 rings (SSSR count). The van der Waals surface area contributed by atoms with Crippen LogP contribution in [0, 0.1) is 6.92 Å². The Morgan fingerprint density at radius 1 is 1.26 bits per heavy atom. The molecule has 1 N–H and O–H groups in total. The molecule has 1 fully saturated rings. The second-order valence-corrected chi connectivity index (χ2v) is 8.07. The van der Waals surface area contributed by atoms with Crippen LogP contribution in [0.15, 0.2) is 51.7 Å². The van der Waals surface area contributed by atoms with Crippen molar-refractivity contribution >= 4 is 28.5 Å². The van der Waals surface area contributed by atoms with E-state index < -0.39 is 5.63 Å². The smallest absolute Gasteiger partial charge is 0.340 e. The van der Waals surface area contributed by atoms with E-state index in [-0.39, 0.29) is 18.6 Å². The Morgan fingerprint density at radius 2 is 2.06 bits per heavy atom. The van der Waals surface area contributed by atoms with Gasteiger partial charge in [0.2, 0.25) is 0 Å². The zero-order valence-electron chi connectivity index (χ0n) is 17.3. The Labute approximate surface area is 185 Å². The first-order valence-electron chi connectivity index (χ1n) is 10.3. The fourth-order valence-corrected chi connectivity index (χ4v) is 3.95. The highest BCUT2D eigenvalue weighted by molar-refractivity contribution is 6.32. The van der Waals surface area contributed by atoms with E-state index >= 15 is 0 Å². The summed E-state index contributed by atoms with van der Waals surface area (Å²) in [4.78, 5) is 24.7. The number of carbonyl (C=O) groups is 1. The Bertz CT molecular complexity index is 1140. The summed E-state index contributed by atoms with van der Waals surface area (Å²) in [6, 6.07) is 13.0. The first kappa shape index (κ1) is 21.4. The SMILES string of the molecule is Cc1c(Cc2ccccc2)c(=O)oc2cc(OCC(=O)NC[C@@H]3CCCO3)c(Cl)cc12. The lowest BCUT2D eigenvalue weighted by atomic mass is 9.99. The number of halogens is 1. The number of ether oxygens (including phenoxy) is 2. The van der Waals surface area contributed by atoms with Gasteiger partial charge in [-0.3, -0.25) is 4.79 Å². The molecule has 2 aromatic carbocycles. The van der Waals surface area contributed by atoms with Crippen molar-refractivity contribution in [1.82, 2.24) is 5.32 Å². The van der Waals surface area contributed by atoms with E-state index in [0.717, 1.165) is 36.0 Å². The average molecular weight is 442 g/mol. The van der Waals surface area contributed by atoms with Gasteiger partial charge in [-0.25, -0.2) is 4.79 Å². The van der Waals surface area contributed by atoms with Crippen LogP contribution in [-0.4, -0.2) is 31.8 Å². The topological polar surface area (TPSA) is 77.8 Å². The van der Waals surface area contributed by atoms with Gasteiger partial charge in [0.05, 0.1) is 11.1 Å². The summed E-state index contributed by atoms with van der Waals surface area (Å²) >= 11 is 6.40. The van der Waals surface area contributed by atoms with Crippen LogP contribution in [-0.2, 0) is 16.0 Å². The molecule has 1 aromatic heterocycles. The van der Waals surface area contributed by atoms with Crippen molar-refractivity contribution in [3.05, 3.63) is 74.6 Å². The van der Waals surface area contributed by atoms with Gasteiger partial charge in [0.15, 0.2) is 6.61 Å². The third kappa shape index (κ3) is 5.09. The van der Waals surface area contributed by atoms with E-state index in [1.54, 1.807) is 12.1 Å². The third-order valence-electron chi connectivity index (χ3n) is 5.47.